The maximum Gasteiger partial charge on any atom is 0.325 e. The van der Waals surface area contributed by atoms with Gasteiger partial charge in [0.15, 0.2) is 16.3 Å². The average molecular weight is 444 g/mol. The van der Waals surface area contributed by atoms with E-state index in [-0.39, 0.29) is 25.7 Å². The van der Waals surface area contributed by atoms with Crippen molar-refractivity contribution in [3.05, 3.63) is 40.7 Å². The van der Waals surface area contributed by atoms with Gasteiger partial charge in [-0.1, -0.05) is 17.4 Å². The van der Waals surface area contributed by atoms with Crippen LogP contribution in [0.2, 0.25) is 0 Å². The number of aromatic nitrogens is 1. The largest absolute Gasteiger partial charge is 0.495 e. The molecule has 1 aromatic heterocycles. The van der Waals surface area contributed by atoms with Gasteiger partial charge >= 0.3 is 5.97 Å². The Labute approximate surface area is 181 Å². The molecule has 0 spiro atoms. The highest BCUT2D eigenvalue weighted by molar-refractivity contribution is 7.16. The molecule has 0 radical (unpaired) electrons. The molecule has 0 atom stereocenters. The van der Waals surface area contributed by atoms with Crippen molar-refractivity contribution in [3.8, 4) is 23.0 Å². The summed E-state index contributed by atoms with van der Waals surface area (Å²) < 4.78 is 28.7. The number of esters is 1. The molecule has 3 aromatic rings. The number of rotatable bonds is 6. The van der Waals surface area contributed by atoms with Gasteiger partial charge in [-0.2, -0.15) is 4.99 Å². The Bertz CT molecular complexity index is 1230. The first-order chi connectivity index (χ1) is 15.0. The Balaban J connectivity index is 1.77. The SMILES string of the molecule is COC(=O)Cn1c(=NC(=O)Cc2ccc3c(c2)OCO3)sc2c(OC)ccc(OC)c21. The van der Waals surface area contributed by atoms with Crippen LogP contribution in [0.4, 0.5) is 0 Å². The Morgan fingerprint density at radius 1 is 1.06 bits per heavy atom. The molecular weight excluding hydrogens is 424 g/mol. The smallest absolute Gasteiger partial charge is 0.325 e. The predicted molar refractivity (Wildman–Crippen MR) is 112 cm³/mol. The lowest BCUT2D eigenvalue weighted by Gasteiger charge is -2.09. The summed E-state index contributed by atoms with van der Waals surface area (Å²) in [7, 11) is 4.38. The minimum absolute atomic E-state index is 0.0668. The summed E-state index contributed by atoms with van der Waals surface area (Å²) in [5.41, 5.74) is 1.35. The van der Waals surface area contributed by atoms with E-state index in [1.165, 1.54) is 25.6 Å². The lowest BCUT2D eigenvalue weighted by atomic mass is 10.1. The Kier molecular flexibility index (Phi) is 5.81. The van der Waals surface area contributed by atoms with Gasteiger partial charge in [-0.15, -0.1) is 0 Å². The Hall–Kier alpha value is -3.53. The number of ether oxygens (including phenoxy) is 5. The zero-order chi connectivity index (χ0) is 22.0. The highest BCUT2D eigenvalue weighted by Crippen LogP contribution is 2.35. The van der Waals surface area contributed by atoms with Gasteiger partial charge in [-0.3, -0.25) is 9.59 Å². The molecule has 0 aliphatic carbocycles. The van der Waals surface area contributed by atoms with Crippen molar-refractivity contribution < 1.29 is 33.3 Å². The molecule has 0 fully saturated rings. The molecule has 0 bridgehead atoms. The summed E-state index contributed by atoms with van der Waals surface area (Å²) in [6, 6.07) is 8.81. The summed E-state index contributed by atoms with van der Waals surface area (Å²) in [6.07, 6.45) is 0.0668. The Morgan fingerprint density at radius 2 is 1.81 bits per heavy atom. The number of amides is 1. The minimum atomic E-state index is -0.478. The molecule has 1 aliphatic rings. The molecule has 0 N–H and O–H groups in total. The van der Waals surface area contributed by atoms with E-state index in [0.29, 0.717) is 38.0 Å². The predicted octanol–water partition coefficient (Wildman–Crippen LogP) is 2.29. The number of thiazole rings is 1. The highest BCUT2D eigenvalue weighted by atomic mass is 32.1. The lowest BCUT2D eigenvalue weighted by Crippen LogP contribution is -2.23. The van der Waals surface area contributed by atoms with Crippen molar-refractivity contribution in [3.63, 3.8) is 0 Å². The van der Waals surface area contributed by atoms with Crippen LogP contribution in [0.25, 0.3) is 10.2 Å². The topological polar surface area (TPSA) is 97.6 Å². The molecule has 4 rings (SSSR count). The number of carbonyl (C=O) groups excluding carboxylic acids is 2. The second-order valence-electron chi connectivity index (χ2n) is 6.56. The van der Waals surface area contributed by atoms with Gasteiger partial charge in [-0.25, -0.2) is 0 Å². The van der Waals surface area contributed by atoms with Crippen LogP contribution in [0.1, 0.15) is 5.56 Å². The quantitative estimate of drug-likeness (QED) is 0.538. The molecule has 2 heterocycles. The van der Waals surface area contributed by atoms with Crippen LogP contribution in [0.5, 0.6) is 23.0 Å². The van der Waals surface area contributed by atoms with E-state index in [0.717, 1.165) is 5.56 Å². The summed E-state index contributed by atoms with van der Waals surface area (Å²) in [5.74, 6) is 1.51. The van der Waals surface area contributed by atoms with Crippen LogP contribution in [0.15, 0.2) is 35.3 Å². The van der Waals surface area contributed by atoms with Crippen LogP contribution in [0.3, 0.4) is 0 Å². The Morgan fingerprint density at radius 3 is 2.55 bits per heavy atom. The van der Waals surface area contributed by atoms with Gasteiger partial charge in [0.1, 0.15) is 28.3 Å². The van der Waals surface area contributed by atoms with Gasteiger partial charge in [0.2, 0.25) is 6.79 Å². The van der Waals surface area contributed by atoms with E-state index in [4.69, 9.17) is 23.7 Å². The van der Waals surface area contributed by atoms with Crippen LogP contribution in [-0.2, 0) is 27.3 Å². The van der Waals surface area contributed by atoms with Crippen LogP contribution in [0, 0.1) is 0 Å². The maximum absolute atomic E-state index is 12.8. The summed E-state index contributed by atoms with van der Waals surface area (Å²) in [4.78, 5) is 29.4. The third-order valence-corrected chi connectivity index (χ3v) is 5.81. The molecule has 0 unspecified atom stereocenters. The molecular formula is C21H20N2O7S. The molecule has 9 nitrogen and oxygen atoms in total. The molecule has 10 heteroatoms. The van der Waals surface area contributed by atoms with E-state index >= 15 is 0 Å². The second-order valence-corrected chi connectivity index (χ2v) is 7.54. The zero-order valence-corrected chi connectivity index (χ0v) is 18.0. The summed E-state index contributed by atoms with van der Waals surface area (Å²) in [6.45, 7) is 0.0340. The van der Waals surface area contributed by atoms with Crippen molar-refractivity contribution in [1.29, 1.82) is 0 Å². The molecule has 162 valence electrons. The van der Waals surface area contributed by atoms with Gasteiger partial charge in [0.25, 0.3) is 5.91 Å². The monoisotopic (exact) mass is 444 g/mol. The number of benzene rings is 2. The summed E-state index contributed by atoms with van der Waals surface area (Å²) >= 11 is 1.23. The van der Waals surface area contributed by atoms with Gasteiger partial charge in [0.05, 0.1) is 27.8 Å². The van der Waals surface area contributed by atoms with E-state index in [2.05, 4.69) is 4.99 Å². The molecule has 1 amide bonds. The van der Waals surface area contributed by atoms with Crippen molar-refractivity contribution in [2.24, 2.45) is 4.99 Å². The second kappa shape index (κ2) is 8.68. The molecule has 0 saturated heterocycles. The molecule has 1 aliphatic heterocycles. The fourth-order valence-electron chi connectivity index (χ4n) is 3.25. The third kappa shape index (κ3) is 4.06. The van der Waals surface area contributed by atoms with Gasteiger partial charge in [-0.05, 0) is 29.8 Å². The fourth-order valence-corrected chi connectivity index (χ4v) is 4.41. The van der Waals surface area contributed by atoms with Gasteiger partial charge in [0, 0.05) is 0 Å². The van der Waals surface area contributed by atoms with E-state index in [1.807, 2.05) is 0 Å². The van der Waals surface area contributed by atoms with Crippen LogP contribution >= 0.6 is 11.3 Å². The van der Waals surface area contributed by atoms with E-state index in [1.54, 1.807) is 42.0 Å². The number of nitrogens with zero attached hydrogens (tertiary/aromatic N) is 2. The summed E-state index contributed by atoms with van der Waals surface area (Å²) in [5, 5.41) is 0. The third-order valence-electron chi connectivity index (χ3n) is 4.72. The maximum atomic E-state index is 12.8. The standard InChI is InChI=1S/C21H20N2O7S/c1-26-14-6-7-15(27-2)20-19(14)23(10-18(25)28-3)21(31-20)22-17(24)9-12-4-5-13-16(8-12)30-11-29-13/h4-8H,9-11H2,1-3H3. The number of methoxy groups -OCH3 is 3. The zero-order valence-electron chi connectivity index (χ0n) is 17.2. The highest BCUT2D eigenvalue weighted by Gasteiger charge is 2.19. The molecule has 31 heavy (non-hydrogen) atoms. The first-order valence-electron chi connectivity index (χ1n) is 9.31. The normalized spacial score (nSPS) is 12.8. The van der Waals surface area contributed by atoms with Crippen molar-refractivity contribution in [1.82, 2.24) is 4.57 Å². The van der Waals surface area contributed by atoms with Crippen LogP contribution in [-0.4, -0.2) is 44.6 Å². The first kappa shape index (κ1) is 20.7. The number of hydrogen-bond acceptors (Lipinski definition) is 8. The number of hydrogen-bond donors (Lipinski definition) is 0. The molecule has 2 aromatic carbocycles. The average Bonchev–Trinajstić information content (AvgIpc) is 3.37. The first-order valence-corrected chi connectivity index (χ1v) is 10.1. The number of carbonyl (C=O) groups is 2. The van der Waals surface area contributed by atoms with Crippen molar-refractivity contribution >= 4 is 33.4 Å². The van der Waals surface area contributed by atoms with E-state index < -0.39 is 5.97 Å². The van der Waals surface area contributed by atoms with Crippen LogP contribution < -0.4 is 23.7 Å². The van der Waals surface area contributed by atoms with E-state index in [9.17, 15) is 9.59 Å². The molecule has 0 saturated carbocycles. The number of fused-ring (bicyclic) bond motifs is 2. The van der Waals surface area contributed by atoms with Crippen molar-refractivity contribution in [2.45, 2.75) is 13.0 Å². The van der Waals surface area contributed by atoms with Crippen molar-refractivity contribution in [2.75, 3.05) is 28.1 Å². The van der Waals surface area contributed by atoms with Gasteiger partial charge < -0.3 is 28.3 Å². The fraction of sp³-hybridized carbons (Fsp3) is 0.286. The lowest BCUT2D eigenvalue weighted by molar-refractivity contribution is -0.141. The minimum Gasteiger partial charge on any atom is -0.495 e.